The standard InChI is InChI=1S/C20H16BrFN4O3/c1-26-12-14(21)10-17(26)20(28)25-24-19(27)7-5-13-4-6-18(16(22)9-13)29-15-3-2-8-23-11-15/h2-12H,1H3,(H,24,27)(H,25,28)/b7-5+. The van der Waals surface area contributed by atoms with Crippen LogP contribution in [0.15, 0.2) is 65.5 Å². The topological polar surface area (TPSA) is 85.2 Å². The first-order valence-electron chi connectivity index (χ1n) is 8.40. The van der Waals surface area contributed by atoms with Gasteiger partial charge in [0.2, 0.25) is 0 Å². The molecule has 3 aromatic rings. The quantitative estimate of drug-likeness (QED) is 0.451. The molecule has 0 aliphatic carbocycles. The number of carbonyl (C=O) groups excluding carboxylic acids is 2. The molecular weight excluding hydrogens is 443 g/mol. The Bertz CT molecular complexity index is 1070. The summed E-state index contributed by atoms with van der Waals surface area (Å²) in [6.07, 6.45) is 7.37. The maximum Gasteiger partial charge on any atom is 0.286 e. The van der Waals surface area contributed by atoms with Crippen LogP contribution in [0.3, 0.4) is 0 Å². The Labute approximate surface area is 174 Å². The highest BCUT2D eigenvalue weighted by molar-refractivity contribution is 9.10. The summed E-state index contributed by atoms with van der Waals surface area (Å²) in [7, 11) is 1.71. The number of amides is 2. The molecule has 0 saturated heterocycles. The fourth-order valence-electron chi connectivity index (χ4n) is 2.38. The molecule has 2 aromatic heterocycles. The molecular formula is C20H16BrFN4O3. The number of aromatic nitrogens is 2. The zero-order valence-corrected chi connectivity index (χ0v) is 16.8. The Balaban J connectivity index is 1.56. The molecule has 0 saturated carbocycles. The maximum absolute atomic E-state index is 14.2. The van der Waals surface area contributed by atoms with Crippen LogP contribution in [0, 0.1) is 5.82 Å². The second kappa shape index (κ2) is 9.16. The van der Waals surface area contributed by atoms with E-state index in [0.717, 1.165) is 4.47 Å². The third-order valence-electron chi connectivity index (χ3n) is 3.75. The van der Waals surface area contributed by atoms with Crippen LogP contribution >= 0.6 is 15.9 Å². The summed E-state index contributed by atoms with van der Waals surface area (Å²) >= 11 is 3.27. The van der Waals surface area contributed by atoms with Crippen molar-refractivity contribution in [1.82, 2.24) is 20.4 Å². The molecule has 3 rings (SSSR count). The second-order valence-corrected chi connectivity index (χ2v) is 6.83. The molecule has 0 fully saturated rings. The van der Waals surface area contributed by atoms with Crippen molar-refractivity contribution >= 4 is 33.8 Å². The zero-order chi connectivity index (χ0) is 20.8. The number of ether oxygens (including phenoxy) is 1. The maximum atomic E-state index is 14.2. The van der Waals surface area contributed by atoms with Gasteiger partial charge < -0.3 is 9.30 Å². The Morgan fingerprint density at radius 2 is 2.07 bits per heavy atom. The fraction of sp³-hybridized carbons (Fsp3) is 0.0500. The molecule has 0 atom stereocenters. The second-order valence-electron chi connectivity index (χ2n) is 5.91. The Morgan fingerprint density at radius 1 is 1.24 bits per heavy atom. The number of rotatable bonds is 5. The van der Waals surface area contributed by atoms with Gasteiger partial charge in [0.25, 0.3) is 11.8 Å². The van der Waals surface area contributed by atoms with Gasteiger partial charge in [-0.2, -0.15) is 0 Å². The van der Waals surface area contributed by atoms with Crippen molar-refractivity contribution in [3.8, 4) is 11.5 Å². The lowest BCUT2D eigenvalue weighted by atomic mass is 10.2. The molecule has 1 aromatic carbocycles. The van der Waals surface area contributed by atoms with Crippen molar-refractivity contribution in [2.45, 2.75) is 0 Å². The molecule has 0 unspecified atom stereocenters. The van der Waals surface area contributed by atoms with E-state index in [1.54, 1.807) is 48.3 Å². The minimum absolute atomic E-state index is 0.0422. The summed E-state index contributed by atoms with van der Waals surface area (Å²) in [4.78, 5) is 27.8. The molecule has 148 valence electrons. The normalized spacial score (nSPS) is 10.7. The highest BCUT2D eigenvalue weighted by atomic mass is 79.9. The van der Waals surface area contributed by atoms with E-state index in [0.29, 0.717) is 17.0 Å². The van der Waals surface area contributed by atoms with Gasteiger partial charge in [-0.05, 0) is 57.9 Å². The number of halogens is 2. The van der Waals surface area contributed by atoms with Crippen molar-refractivity contribution < 1.29 is 18.7 Å². The highest BCUT2D eigenvalue weighted by Crippen LogP contribution is 2.24. The van der Waals surface area contributed by atoms with Gasteiger partial charge in [0.05, 0.1) is 6.20 Å². The Hall–Kier alpha value is -3.46. The van der Waals surface area contributed by atoms with E-state index in [-0.39, 0.29) is 5.75 Å². The van der Waals surface area contributed by atoms with Gasteiger partial charge in [-0.3, -0.25) is 25.4 Å². The summed E-state index contributed by atoms with van der Waals surface area (Å²) in [5.41, 5.74) is 5.39. The lowest BCUT2D eigenvalue weighted by Gasteiger charge is -2.07. The predicted molar refractivity (Wildman–Crippen MR) is 108 cm³/mol. The first kappa shape index (κ1) is 20.3. The summed E-state index contributed by atoms with van der Waals surface area (Å²) in [6.45, 7) is 0. The third kappa shape index (κ3) is 5.52. The van der Waals surface area contributed by atoms with Crippen molar-refractivity contribution in [2.75, 3.05) is 0 Å². The number of benzene rings is 1. The SMILES string of the molecule is Cn1cc(Br)cc1C(=O)NNC(=O)/C=C/c1ccc(Oc2cccnc2)c(F)c1. The number of aryl methyl sites for hydroxylation is 1. The smallest absolute Gasteiger partial charge is 0.286 e. The first-order valence-corrected chi connectivity index (χ1v) is 9.19. The Morgan fingerprint density at radius 3 is 2.72 bits per heavy atom. The van der Waals surface area contributed by atoms with E-state index in [4.69, 9.17) is 4.74 Å². The molecule has 0 spiro atoms. The van der Waals surface area contributed by atoms with Crippen LogP contribution < -0.4 is 15.6 Å². The van der Waals surface area contributed by atoms with Crippen LogP contribution in [0.2, 0.25) is 0 Å². The molecule has 2 heterocycles. The number of carbonyl (C=O) groups is 2. The molecule has 7 nitrogen and oxygen atoms in total. The number of nitrogens with zero attached hydrogens (tertiary/aromatic N) is 2. The Kier molecular flexibility index (Phi) is 6.40. The average molecular weight is 459 g/mol. The van der Waals surface area contributed by atoms with Crippen LogP contribution in [0.25, 0.3) is 6.08 Å². The molecule has 29 heavy (non-hydrogen) atoms. The van der Waals surface area contributed by atoms with Gasteiger partial charge in [-0.15, -0.1) is 0 Å². The lowest BCUT2D eigenvalue weighted by molar-refractivity contribution is -0.117. The fourth-order valence-corrected chi connectivity index (χ4v) is 2.91. The molecule has 2 N–H and O–H groups in total. The van der Waals surface area contributed by atoms with Gasteiger partial charge in [0, 0.05) is 30.0 Å². The number of hydrogen-bond acceptors (Lipinski definition) is 4. The van der Waals surface area contributed by atoms with E-state index in [9.17, 15) is 14.0 Å². The number of nitrogens with one attached hydrogen (secondary N) is 2. The van der Waals surface area contributed by atoms with Gasteiger partial charge >= 0.3 is 0 Å². The molecule has 9 heteroatoms. The van der Waals surface area contributed by atoms with E-state index < -0.39 is 17.6 Å². The predicted octanol–water partition coefficient (Wildman–Crippen LogP) is 3.59. The van der Waals surface area contributed by atoms with E-state index in [1.807, 2.05) is 0 Å². The van der Waals surface area contributed by atoms with Crippen molar-refractivity contribution in [3.05, 3.63) is 82.6 Å². The molecule has 0 aliphatic heterocycles. The van der Waals surface area contributed by atoms with E-state index in [2.05, 4.69) is 31.8 Å². The molecule has 0 aliphatic rings. The summed E-state index contributed by atoms with van der Waals surface area (Å²) in [5, 5.41) is 0. The van der Waals surface area contributed by atoms with Gasteiger partial charge in [0.1, 0.15) is 11.4 Å². The number of hydrazine groups is 1. The average Bonchev–Trinajstić information content (AvgIpc) is 3.05. The van der Waals surface area contributed by atoms with Crippen LogP contribution in [0.5, 0.6) is 11.5 Å². The zero-order valence-electron chi connectivity index (χ0n) is 15.2. The van der Waals surface area contributed by atoms with Gasteiger partial charge in [-0.1, -0.05) is 6.07 Å². The van der Waals surface area contributed by atoms with Crippen molar-refractivity contribution in [3.63, 3.8) is 0 Å². The summed E-state index contributed by atoms with van der Waals surface area (Å²) in [6, 6.07) is 9.24. The largest absolute Gasteiger partial charge is 0.453 e. The third-order valence-corrected chi connectivity index (χ3v) is 4.18. The minimum atomic E-state index is -0.584. The van der Waals surface area contributed by atoms with Gasteiger partial charge in [0.15, 0.2) is 11.6 Å². The van der Waals surface area contributed by atoms with Crippen LogP contribution in [-0.2, 0) is 11.8 Å². The minimum Gasteiger partial charge on any atom is -0.453 e. The van der Waals surface area contributed by atoms with Crippen LogP contribution in [0.4, 0.5) is 4.39 Å². The monoisotopic (exact) mass is 458 g/mol. The lowest BCUT2D eigenvalue weighted by Crippen LogP contribution is -2.41. The van der Waals surface area contributed by atoms with E-state index in [1.165, 1.54) is 30.5 Å². The van der Waals surface area contributed by atoms with Crippen LogP contribution in [-0.4, -0.2) is 21.4 Å². The summed E-state index contributed by atoms with van der Waals surface area (Å²) in [5.74, 6) is -1.17. The van der Waals surface area contributed by atoms with E-state index >= 15 is 0 Å². The summed E-state index contributed by atoms with van der Waals surface area (Å²) < 4.78 is 22.0. The molecule has 0 radical (unpaired) electrons. The van der Waals surface area contributed by atoms with Crippen molar-refractivity contribution in [1.29, 1.82) is 0 Å². The van der Waals surface area contributed by atoms with Crippen LogP contribution in [0.1, 0.15) is 16.1 Å². The number of pyridine rings is 1. The molecule has 0 bridgehead atoms. The highest BCUT2D eigenvalue weighted by Gasteiger charge is 2.11. The number of hydrogen-bond donors (Lipinski definition) is 2. The van der Waals surface area contributed by atoms with Gasteiger partial charge in [-0.25, -0.2) is 4.39 Å². The van der Waals surface area contributed by atoms with Crippen molar-refractivity contribution in [2.24, 2.45) is 7.05 Å². The first-order chi connectivity index (χ1) is 13.9. The molecule has 2 amide bonds.